The van der Waals surface area contributed by atoms with Crippen molar-refractivity contribution in [3.63, 3.8) is 0 Å². The number of anilines is 1. The Balaban J connectivity index is 1.91. The van der Waals surface area contributed by atoms with Gasteiger partial charge in [-0.1, -0.05) is 49.4 Å². The maximum Gasteiger partial charge on any atom is 0.224 e. The Labute approximate surface area is 155 Å². The minimum absolute atomic E-state index is 0.0479. The van der Waals surface area contributed by atoms with Crippen LogP contribution in [0.3, 0.4) is 0 Å². The smallest absolute Gasteiger partial charge is 0.224 e. The Morgan fingerprint density at radius 2 is 1.88 bits per heavy atom. The van der Waals surface area contributed by atoms with Gasteiger partial charge in [0.25, 0.3) is 0 Å². The molecular weight excluding hydrogens is 324 g/mol. The number of amides is 1. The molecule has 0 radical (unpaired) electrons. The van der Waals surface area contributed by atoms with Crippen molar-refractivity contribution in [3.05, 3.63) is 65.7 Å². The van der Waals surface area contributed by atoms with Gasteiger partial charge in [0.15, 0.2) is 5.96 Å². The third-order valence-corrected chi connectivity index (χ3v) is 4.02. The highest BCUT2D eigenvalue weighted by Gasteiger charge is 2.07. The van der Waals surface area contributed by atoms with Gasteiger partial charge in [-0.25, -0.2) is 0 Å². The molecule has 2 aromatic rings. The molecule has 0 aliphatic carbocycles. The zero-order valence-electron chi connectivity index (χ0n) is 15.8. The molecule has 5 heteroatoms. The summed E-state index contributed by atoms with van der Waals surface area (Å²) in [6, 6.07) is 18.3. The lowest BCUT2D eigenvalue weighted by Crippen LogP contribution is -2.38. The van der Waals surface area contributed by atoms with E-state index in [2.05, 4.69) is 40.0 Å². The lowest BCUT2D eigenvalue weighted by atomic mass is 10.1. The summed E-state index contributed by atoms with van der Waals surface area (Å²) >= 11 is 0. The van der Waals surface area contributed by atoms with Gasteiger partial charge in [-0.15, -0.1) is 0 Å². The number of carbonyl (C=O) groups excluding carboxylic acids is 1. The molecule has 0 spiro atoms. The number of nitrogens with zero attached hydrogens (tertiary/aromatic N) is 1. The fourth-order valence-corrected chi connectivity index (χ4v) is 2.62. The highest BCUT2D eigenvalue weighted by molar-refractivity contribution is 5.90. The summed E-state index contributed by atoms with van der Waals surface area (Å²) in [5, 5.41) is 9.63. The van der Waals surface area contributed by atoms with Gasteiger partial charge in [0.1, 0.15) is 0 Å². The predicted molar refractivity (Wildman–Crippen MR) is 108 cm³/mol. The van der Waals surface area contributed by atoms with Crippen LogP contribution in [0.4, 0.5) is 5.69 Å². The van der Waals surface area contributed by atoms with Crippen LogP contribution in [-0.2, 0) is 11.3 Å². The molecule has 1 unspecified atom stereocenters. The lowest BCUT2D eigenvalue weighted by Gasteiger charge is -2.18. The maximum atomic E-state index is 11.7. The third-order valence-electron chi connectivity index (χ3n) is 4.02. The Morgan fingerprint density at radius 1 is 1.12 bits per heavy atom. The van der Waals surface area contributed by atoms with E-state index < -0.39 is 0 Å². The van der Waals surface area contributed by atoms with Crippen molar-refractivity contribution in [2.75, 3.05) is 12.4 Å². The van der Waals surface area contributed by atoms with Crippen LogP contribution in [0.1, 0.15) is 43.9 Å². The van der Waals surface area contributed by atoms with Gasteiger partial charge < -0.3 is 16.0 Å². The van der Waals surface area contributed by atoms with Crippen molar-refractivity contribution in [3.8, 4) is 0 Å². The topological polar surface area (TPSA) is 65.5 Å². The number of aliphatic imine (C=N–C) groups is 1. The van der Waals surface area contributed by atoms with Crippen LogP contribution >= 0.6 is 0 Å². The van der Waals surface area contributed by atoms with E-state index in [1.165, 1.54) is 5.56 Å². The van der Waals surface area contributed by atoms with Crippen LogP contribution in [-0.4, -0.2) is 18.9 Å². The maximum absolute atomic E-state index is 11.7. The SMILES string of the molecule is CCCC(=O)Nc1cccc(CNC(=NC)NC(C)c2ccccc2)c1. The van der Waals surface area contributed by atoms with E-state index in [1.54, 1.807) is 7.05 Å². The van der Waals surface area contributed by atoms with E-state index in [1.807, 2.05) is 49.4 Å². The van der Waals surface area contributed by atoms with E-state index in [0.29, 0.717) is 13.0 Å². The van der Waals surface area contributed by atoms with E-state index in [9.17, 15) is 4.79 Å². The minimum atomic E-state index is 0.0479. The zero-order valence-corrected chi connectivity index (χ0v) is 15.8. The summed E-state index contributed by atoms with van der Waals surface area (Å²) in [6.45, 7) is 4.72. The molecular formula is C21H28N4O. The lowest BCUT2D eigenvalue weighted by molar-refractivity contribution is -0.116. The number of hydrogen-bond acceptors (Lipinski definition) is 2. The molecule has 2 rings (SSSR count). The Kier molecular flexibility index (Phi) is 7.68. The molecule has 138 valence electrons. The highest BCUT2D eigenvalue weighted by atomic mass is 16.1. The molecule has 0 aliphatic rings. The number of hydrogen-bond donors (Lipinski definition) is 3. The normalized spacial score (nSPS) is 12.3. The summed E-state index contributed by atoms with van der Waals surface area (Å²) in [6.07, 6.45) is 1.38. The first-order valence-electron chi connectivity index (χ1n) is 9.03. The molecule has 0 bridgehead atoms. The van der Waals surface area contributed by atoms with Crippen LogP contribution in [0.25, 0.3) is 0 Å². The second-order valence-electron chi connectivity index (χ2n) is 6.20. The van der Waals surface area contributed by atoms with Gasteiger partial charge in [-0.05, 0) is 36.6 Å². The molecule has 5 nitrogen and oxygen atoms in total. The average molecular weight is 352 g/mol. The van der Waals surface area contributed by atoms with Crippen LogP contribution in [0.2, 0.25) is 0 Å². The van der Waals surface area contributed by atoms with Gasteiger partial charge in [0.2, 0.25) is 5.91 Å². The number of guanidine groups is 1. The fourth-order valence-electron chi connectivity index (χ4n) is 2.62. The molecule has 3 N–H and O–H groups in total. The van der Waals surface area contributed by atoms with Crippen LogP contribution in [0.15, 0.2) is 59.6 Å². The van der Waals surface area contributed by atoms with E-state index in [4.69, 9.17) is 0 Å². The van der Waals surface area contributed by atoms with E-state index in [0.717, 1.165) is 23.6 Å². The van der Waals surface area contributed by atoms with Crippen molar-refractivity contribution in [1.82, 2.24) is 10.6 Å². The molecule has 1 amide bonds. The summed E-state index contributed by atoms with van der Waals surface area (Å²) in [7, 11) is 1.76. The Morgan fingerprint density at radius 3 is 2.58 bits per heavy atom. The Bertz CT molecular complexity index is 728. The second kappa shape index (κ2) is 10.2. The Hall–Kier alpha value is -2.82. The van der Waals surface area contributed by atoms with Crippen LogP contribution in [0.5, 0.6) is 0 Å². The monoisotopic (exact) mass is 352 g/mol. The van der Waals surface area contributed by atoms with Crippen molar-refractivity contribution in [2.24, 2.45) is 4.99 Å². The molecule has 0 fully saturated rings. The summed E-state index contributed by atoms with van der Waals surface area (Å²) in [5.74, 6) is 0.786. The van der Waals surface area contributed by atoms with E-state index in [-0.39, 0.29) is 11.9 Å². The standard InChI is InChI=1S/C21H28N4O/c1-4-9-20(26)25-19-13-8-10-17(14-19)15-23-21(22-3)24-16(2)18-11-6-5-7-12-18/h5-8,10-14,16H,4,9,15H2,1-3H3,(H,25,26)(H2,22,23,24). The number of nitrogens with one attached hydrogen (secondary N) is 3. The van der Waals surface area contributed by atoms with Gasteiger partial charge in [-0.2, -0.15) is 0 Å². The molecule has 0 saturated carbocycles. The zero-order chi connectivity index (χ0) is 18.8. The largest absolute Gasteiger partial charge is 0.352 e. The summed E-state index contributed by atoms with van der Waals surface area (Å²) < 4.78 is 0. The summed E-state index contributed by atoms with van der Waals surface area (Å²) in [4.78, 5) is 16.0. The van der Waals surface area contributed by atoms with Gasteiger partial charge in [0.05, 0.1) is 6.04 Å². The second-order valence-corrected chi connectivity index (χ2v) is 6.20. The first-order valence-corrected chi connectivity index (χ1v) is 9.03. The van der Waals surface area contributed by atoms with E-state index >= 15 is 0 Å². The van der Waals surface area contributed by atoms with Crippen molar-refractivity contribution >= 4 is 17.6 Å². The number of benzene rings is 2. The quantitative estimate of drug-likeness (QED) is 0.524. The molecule has 26 heavy (non-hydrogen) atoms. The van der Waals surface area contributed by atoms with Crippen LogP contribution in [0, 0.1) is 0 Å². The van der Waals surface area contributed by atoms with Crippen molar-refractivity contribution in [1.29, 1.82) is 0 Å². The fraction of sp³-hybridized carbons (Fsp3) is 0.333. The van der Waals surface area contributed by atoms with Crippen LogP contribution < -0.4 is 16.0 Å². The average Bonchev–Trinajstić information content (AvgIpc) is 2.66. The molecule has 2 aromatic carbocycles. The number of carbonyl (C=O) groups is 1. The first-order chi connectivity index (χ1) is 12.6. The predicted octanol–water partition coefficient (Wildman–Crippen LogP) is 3.85. The first kappa shape index (κ1) is 19.5. The minimum Gasteiger partial charge on any atom is -0.352 e. The molecule has 1 atom stereocenters. The van der Waals surface area contributed by atoms with Gasteiger partial charge >= 0.3 is 0 Å². The third kappa shape index (κ3) is 6.24. The molecule has 0 aliphatic heterocycles. The van der Waals surface area contributed by atoms with Gasteiger partial charge in [-0.3, -0.25) is 9.79 Å². The van der Waals surface area contributed by atoms with Crippen molar-refractivity contribution < 1.29 is 4.79 Å². The summed E-state index contributed by atoms with van der Waals surface area (Å²) in [5.41, 5.74) is 3.11. The van der Waals surface area contributed by atoms with Gasteiger partial charge in [0, 0.05) is 25.7 Å². The molecule has 0 aromatic heterocycles. The van der Waals surface area contributed by atoms with Crippen molar-refractivity contribution in [2.45, 2.75) is 39.3 Å². The number of rotatable bonds is 7. The molecule has 0 saturated heterocycles. The highest BCUT2D eigenvalue weighted by Crippen LogP contribution is 2.12. The molecule has 0 heterocycles.